The second-order valence-electron chi connectivity index (χ2n) is 8.70. The van der Waals surface area contributed by atoms with Crippen molar-refractivity contribution in [3.63, 3.8) is 0 Å². The van der Waals surface area contributed by atoms with Gasteiger partial charge in [0.2, 0.25) is 0 Å². The third-order valence-corrected chi connectivity index (χ3v) is 6.47. The molecule has 3 heterocycles. The van der Waals surface area contributed by atoms with E-state index in [2.05, 4.69) is 44.2 Å². The number of carbonyl (C=O) groups excluding carboxylic acids is 1. The molecule has 4 rings (SSSR count). The second kappa shape index (κ2) is 9.72. The summed E-state index contributed by atoms with van der Waals surface area (Å²) in [6.45, 7) is 10.7. The Hall–Kier alpha value is -2.89. The van der Waals surface area contributed by atoms with Crippen LogP contribution in [0.4, 0.5) is 5.69 Å². The summed E-state index contributed by atoms with van der Waals surface area (Å²) < 4.78 is 1.97. The van der Waals surface area contributed by atoms with Gasteiger partial charge in [0.05, 0.1) is 23.8 Å². The molecule has 0 saturated carbocycles. The van der Waals surface area contributed by atoms with Gasteiger partial charge in [0.25, 0.3) is 5.91 Å². The molecule has 1 aromatic carbocycles. The molecule has 0 fully saturated rings. The fourth-order valence-corrected chi connectivity index (χ4v) is 4.86. The van der Waals surface area contributed by atoms with Crippen LogP contribution in [0, 0.1) is 0 Å². The molecule has 1 aliphatic heterocycles. The van der Waals surface area contributed by atoms with E-state index in [4.69, 9.17) is 4.98 Å². The molecular weight excluding hydrogens is 398 g/mol. The molecule has 3 aromatic rings. The highest BCUT2D eigenvalue weighted by molar-refractivity contribution is 5.98. The minimum atomic E-state index is 0.108. The van der Waals surface area contributed by atoms with Crippen LogP contribution in [0.25, 0.3) is 11.0 Å². The topological polar surface area (TPSA) is 63.1 Å². The summed E-state index contributed by atoms with van der Waals surface area (Å²) >= 11 is 0. The van der Waals surface area contributed by atoms with Crippen molar-refractivity contribution in [1.29, 1.82) is 0 Å². The van der Waals surface area contributed by atoms with E-state index in [1.54, 1.807) is 0 Å². The average molecular weight is 434 g/mol. The number of aryl methyl sites for hydroxylation is 2. The van der Waals surface area contributed by atoms with Crippen molar-refractivity contribution in [3.05, 3.63) is 52.8 Å². The van der Waals surface area contributed by atoms with Crippen molar-refractivity contribution in [3.8, 4) is 0 Å². The quantitative estimate of drug-likeness (QED) is 0.455. The zero-order chi connectivity index (χ0) is 22.7. The number of amides is 1. The second-order valence-corrected chi connectivity index (χ2v) is 8.70. The fraction of sp³-hybridized carbons (Fsp3) is 0.500. The number of benzene rings is 1. The first kappa shape index (κ1) is 22.3. The van der Waals surface area contributed by atoms with Gasteiger partial charge in [-0.05, 0) is 37.8 Å². The molecule has 1 aliphatic rings. The SMILES string of the molecule is CCCC(CCC)Nc1c(CN2Cc3ccccc3C2=O)c(CC)nc2c1cnn2CC. The fourth-order valence-electron chi connectivity index (χ4n) is 4.86. The lowest BCUT2D eigenvalue weighted by molar-refractivity contribution is 0.0766. The minimum Gasteiger partial charge on any atom is -0.381 e. The first-order valence-corrected chi connectivity index (χ1v) is 12.1. The molecule has 6 nitrogen and oxygen atoms in total. The predicted molar refractivity (Wildman–Crippen MR) is 130 cm³/mol. The van der Waals surface area contributed by atoms with E-state index < -0.39 is 0 Å². The van der Waals surface area contributed by atoms with Gasteiger partial charge in [-0.3, -0.25) is 4.79 Å². The molecule has 170 valence electrons. The molecule has 1 N–H and O–H groups in total. The summed E-state index contributed by atoms with van der Waals surface area (Å²) in [4.78, 5) is 20.1. The summed E-state index contributed by atoms with van der Waals surface area (Å²) in [6.07, 6.45) is 7.26. The lowest BCUT2D eigenvalue weighted by atomic mass is 10.0. The lowest BCUT2D eigenvalue weighted by Gasteiger charge is -2.25. The number of carbonyl (C=O) groups is 1. The number of nitrogens with zero attached hydrogens (tertiary/aromatic N) is 4. The zero-order valence-electron chi connectivity index (χ0n) is 19.8. The van der Waals surface area contributed by atoms with Crippen molar-refractivity contribution in [2.75, 3.05) is 5.32 Å². The van der Waals surface area contributed by atoms with E-state index in [0.29, 0.717) is 19.1 Å². The van der Waals surface area contributed by atoms with Gasteiger partial charge in [0.1, 0.15) is 0 Å². The molecule has 0 unspecified atom stereocenters. The standard InChI is InChI=1S/C26H35N5O/c1-5-11-19(12-6-2)28-24-21-15-27-31(8-4)25(21)29-23(7-3)22(24)17-30-16-18-13-9-10-14-20(18)26(30)32/h9-10,13-15,19H,5-8,11-12,16-17H2,1-4H3,(H,28,29). The molecule has 0 spiro atoms. The highest BCUT2D eigenvalue weighted by atomic mass is 16.2. The lowest BCUT2D eigenvalue weighted by Crippen LogP contribution is -2.27. The Morgan fingerprint density at radius 1 is 1.09 bits per heavy atom. The molecule has 0 atom stereocenters. The number of hydrogen-bond donors (Lipinski definition) is 1. The summed E-state index contributed by atoms with van der Waals surface area (Å²) in [7, 11) is 0. The zero-order valence-corrected chi connectivity index (χ0v) is 19.8. The maximum atomic E-state index is 13.1. The molecule has 0 saturated heterocycles. The highest BCUT2D eigenvalue weighted by Gasteiger charge is 2.29. The Bertz CT molecular complexity index is 1100. The number of aromatic nitrogens is 3. The van der Waals surface area contributed by atoms with Crippen molar-refractivity contribution in [1.82, 2.24) is 19.7 Å². The van der Waals surface area contributed by atoms with Crippen LogP contribution in [0.1, 0.15) is 80.6 Å². The van der Waals surface area contributed by atoms with E-state index >= 15 is 0 Å². The number of fused-ring (bicyclic) bond motifs is 2. The Morgan fingerprint density at radius 3 is 2.50 bits per heavy atom. The van der Waals surface area contributed by atoms with Crippen LogP contribution in [0.5, 0.6) is 0 Å². The Labute approximate surface area is 191 Å². The third kappa shape index (κ3) is 4.10. The van der Waals surface area contributed by atoms with Crippen LogP contribution in [-0.4, -0.2) is 31.6 Å². The Kier molecular flexibility index (Phi) is 6.77. The summed E-state index contributed by atoms with van der Waals surface area (Å²) in [5.74, 6) is 0.108. The number of hydrogen-bond acceptors (Lipinski definition) is 4. The van der Waals surface area contributed by atoms with E-state index in [0.717, 1.165) is 77.8 Å². The molecule has 1 amide bonds. The molecular formula is C26H35N5O. The van der Waals surface area contributed by atoms with Gasteiger partial charge in [-0.2, -0.15) is 5.10 Å². The van der Waals surface area contributed by atoms with Gasteiger partial charge in [0, 0.05) is 36.0 Å². The van der Waals surface area contributed by atoms with E-state index in [1.807, 2.05) is 34.0 Å². The summed E-state index contributed by atoms with van der Waals surface area (Å²) in [5.41, 5.74) is 6.15. The number of nitrogens with one attached hydrogen (secondary N) is 1. The van der Waals surface area contributed by atoms with Crippen LogP contribution in [0.3, 0.4) is 0 Å². The maximum Gasteiger partial charge on any atom is 0.254 e. The number of anilines is 1. The van der Waals surface area contributed by atoms with Crippen molar-refractivity contribution in [2.24, 2.45) is 0 Å². The monoisotopic (exact) mass is 433 g/mol. The van der Waals surface area contributed by atoms with Gasteiger partial charge >= 0.3 is 0 Å². The molecule has 0 bridgehead atoms. The Balaban J connectivity index is 1.79. The molecule has 0 radical (unpaired) electrons. The number of pyridine rings is 1. The van der Waals surface area contributed by atoms with Gasteiger partial charge < -0.3 is 10.2 Å². The Morgan fingerprint density at radius 2 is 1.84 bits per heavy atom. The summed E-state index contributed by atoms with van der Waals surface area (Å²) in [6, 6.07) is 8.33. The van der Waals surface area contributed by atoms with E-state index in [1.165, 1.54) is 0 Å². The average Bonchev–Trinajstić information content (AvgIpc) is 3.36. The first-order valence-electron chi connectivity index (χ1n) is 12.1. The highest BCUT2D eigenvalue weighted by Crippen LogP contribution is 2.34. The third-order valence-electron chi connectivity index (χ3n) is 6.47. The van der Waals surface area contributed by atoms with Gasteiger partial charge in [-0.1, -0.05) is 51.8 Å². The largest absolute Gasteiger partial charge is 0.381 e. The first-order chi connectivity index (χ1) is 15.6. The smallest absolute Gasteiger partial charge is 0.254 e. The molecule has 6 heteroatoms. The minimum absolute atomic E-state index is 0.108. The van der Waals surface area contributed by atoms with Crippen LogP contribution in [0.2, 0.25) is 0 Å². The van der Waals surface area contributed by atoms with E-state index in [9.17, 15) is 4.79 Å². The number of rotatable bonds is 10. The van der Waals surface area contributed by atoms with Gasteiger partial charge in [-0.25, -0.2) is 9.67 Å². The van der Waals surface area contributed by atoms with Crippen LogP contribution >= 0.6 is 0 Å². The predicted octanol–water partition coefficient (Wildman–Crippen LogP) is 5.55. The van der Waals surface area contributed by atoms with Gasteiger partial charge in [-0.15, -0.1) is 0 Å². The van der Waals surface area contributed by atoms with Crippen LogP contribution < -0.4 is 5.32 Å². The van der Waals surface area contributed by atoms with Crippen LogP contribution in [-0.2, 0) is 26.1 Å². The molecule has 2 aromatic heterocycles. The normalized spacial score (nSPS) is 13.4. The van der Waals surface area contributed by atoms with Crippen molar-refractivity contribution < 1.29 is 4.79 Å². The van der Waals surface area contributed by atoms with Crippen molar-refractivity contribution in [2.45, 2.75) is 85.5 Å². The summed E-state index contributed by atoms with van der Waals surface area (Å²) in [5, 5.41) is 9.54. The van der Waals surface area contributed by atoms with Crippen LogP contribution in [0.15, 0.2) is 30.5 Å². The van der Waals surface area contributed by atoms with Crippen molar-refractivity contribution >= 4 is 22.6 Å². The van der Waals surface area contributed by atoms with E-state index in [-0.39, 0.29) is 5.91 Å². The molecule has 0 aliphatic carbocycles. The maximum absolute atomic E-state index is 13.1. The van der Waals surface area contributed by atoms with Gasteiger partial charge in [0.15, 0.2) is 5.65 Å². The molecule has 32 heavy (non-hydrogen) atoms.